The average Bonchev–Trinajstić information content (AvgIpc) is 3.11. The minimum absolute atomic E-state index is 0.0794. The van der Waals surface area contributed by atoms with Crippen LogP contribution in [-0.2, 0) is 28.4 Å². The molecule has 28 heavy (non-hydrogen) atoms. The minimum atomic E-state index is -3.65. The van der Waals surface area contributed by atoms with Crippen LogP contribution in [0.15, 0.2) is 41.8 Å². The van der Waals surface area contributed by atoms with Crippen LogP contribution in [-0.4, -0.2) is 65.6 Å². The van der Waals surface area contributed by atoms with E-state index >= 15 is 0 Å². The van der Waals surface area contributed by atoms with E-state index in [1.165, 1.54) is 18.6 Å². The lowest BCUT2D eigenvalue weighted by atomic mass is 9.86. The lowest BCUT2D eigenvalue weighted by Crippen LogP contribution is -2.64. The van der Waals surface area contributed by atoms with Crippen molar-refractivity contribution >= 4 is 10.0 Å². The van der Waals surface area contributed by atoms with Gasteiger partial charge in [-0.1, -0.05) is 12.1 Å². The summed E-state index contributed by atoms with van der Waals surface area (Å²) in [6.07, 6.45) is 4.52. The Kier molecular flexibility index (Phi) is 5.26. The highest BCUT2D eigenvalue weighted by atomic mass is 32.2. The Morgan fingerprint density at radius 2 is 2.04 bits per heavy atom. The fraction of sp³-hybridized carbons (Fsp3) is 0.526. The van der Waals surface area contributed by atoms with E-state index in [2.05, 4.69) is 9.88 Å². The Labute approximate surface area is 164 Å². The monoisotopic (exact) mass is 408 g/mol. The molecule has 1 spiro atoms. The van der Waals surface area contributed by atoms with Gasteiger partial charge in [-0.25, -0.2) is 17.8 Å². The van der Waals surface area contributed by atoms with Crippen molar-refractivity contribution in [3.63, 3.8) is 0 Å². The SMILES string of the molecule is Cn1cnc(S(=O)(=O)N2CCN(Cc3cccc(F)c3)C3(CCOCC3)C2)c1. The lowest BCUT2D eigenvalue weighted by molar-refractivity contribution is -0.0608. The molecule has 0 radical (unpaired) electrons. The van der Waals surface area contributed by atoms with Gasteiger partial charge in [0.15, 0.2) is 5.03 Å². The Hall–Kier alpha value is -1.81. The third-order valence-electron chi connectivity index (χ3n) is 5.73. The highest BCUT2D eigenvalue weighted by molar-refractivity contribution is 7.89. The Morgan fingerprint density at radius 1 is 1.25 bits per heavy atom. The van der Waals surface area contributed by atoms with Crippen molar-refractivity contribution in [1.82, 2.24) is 18.8 Å². The molecule has 2 fully saturated rings. The topological polar surface area (TPSA) is 67.7 Å². The second kappa shape index (κ2) is 7.55. The maximum atomic E-state index is 13.6. The van der Waals surface area contributed by atoms with Gasteiger partial charge in [0.2, 0.25) is 0 Å². The zero-order chi connectivity index (χ0) is 19.8. The van der Waals surface area contributed by atoms with E-state index in [0.717, 1.165) is 18.4 Å². The summed E-state index contributed by atoms with van der Waals surface area (Å²) in [7, 11) is -1.89. The molecule has 152 valence electrons. The van der Waals surface area contributed by atoms with Gasteiger partial charge < -0.3 is 9.30 Å². The number of hydrogen-bond donors (Lipinski definition) is 0. The van der Waals surface area contributed by atoms with E-state index in [9.17, 15) is 12.8 Å². The molecule has 2 aromatic rings. The summed E-state index contributed by atoms with van der Waals surface area (Å²) in [4.78, 5) is 6.35. The number of imidazole rings is 1. The first kappa shape index (κ1) is 19.5. The van der Waals surface area contributed by atoms with E-state index in [0.29, 0.717) is 39.4 Å². The largest absolute Gasteiger partial charge is 0.381 e. The summed E-state index contributed by atoms with van der Waals surface area (Å²) in [6.45, 7) is 3.15. The number of nitrogens with zero attached hydrogens (tertiary/aromatic N) is 4. The molecule has 2 saturated heterocycles. The predicted molar refractivity (Wildman–Crippen MR) is 102 cm³/mol. The molecule has 0 saturated carbocycles. The zero-order valence-electron chi connectivity index (χ0n) is 15.9. The van der Waals surface area contributed by atoms with Gasteiger partial charge in [-0.05, 0) is 30.5 Å². The number of ether oxygens (including phenoxy) is 1. The number of benzene rings is 1. The van der Waals surface area contributed by atoms with Gasteiger partial charge in [-0.2, -0.15) is 4.31 Å². The van der Waals surface area contributed by atoms with Crippen LogP contribution in [0.4, 0.5) is 4.39 Å². The smallest absolute Gasteiger partial charge is 0.262 e. The molecule has 0 aliphatic carbocycles. The van der Waals surface area contributed by atoms with E-state index in [-0.39, 0.29) is 16.4 Å². The second-order valence-electron chi connectivity index (χ2n) is 7.60. The van der Waals surface area contributed by atoms with Crippen molar-refractivity contribution in [2.75, 3.05) is 32.8 Å². The molecule has 1 aromatic carbocycles. The molecule has 0 N–H and O–H groups in total. The van der Waals surface area contributed by atoms with Gasteiger partial charge in [0.25, 0.3) is 10.0 Å². The van der Waals surface area contributed by atoms with Crippen LogP contribution < -0.4 is 0 Å². The molecule has 2 aliphatic heterocycles. The first-order valence-corrected chi connectivity index (χ1v) is 10.9. The Morgan fingerprint density at radius 3 is 2.71 bits per heavy atom. The molecule has 0 atom stereocenters. The number of sulfonamides is 1. The molecule has 1 aromatic heterocycles. The maximum absolute atomic E-state index is 13.6. The summed E-state index contributed by atoms with van der Waals surface area (Å²) >= 11 is 0. The molecule has 3 heterocycles. The Bertz CT molecular complexity index is 940. The molecule has 9 heteroatoms. The normalized spacial score (nSPS) is 21.2. The van der Waals surface area contributed by atoms with Crippen molar-refractivity contribution in [2.45, 2.75) is 30.0 Å². The zero-order valence-corrected chi connectivity index (χ0v) is 16.7. The highest BCUT2D eigenvalue weighted by Gasteiger charge is 2.46. The molecular formula is C19H25FN4O3S. The number of rotatable bonds is 4. The van der Waals surface area contributed by atoms with Crippen LogP contribution in [0.1, 0.15) is 18.4 Å². The number of hydrogen-bond acceptors (Lipinski definition) is 5. The summed E-state index contributed by atoms with van der Waals surface area (Å²) in [5, 5.41) is 0.0794. The van der Waals surface area contributed by atoms with Crippen LogP contribution in [0.2, 0.25) is 0 Å². The van der Waals surface area contributed by atoms with E-state index in [1.807, 2.05) is 6.07 Å². The van der Waals surface area contributed by atoms with Gasteiger partial charge in [-0.15, -0.1) is 0 Å². The van der Waals surface area contributed by atoms with E-state index < -0.39 is 10.0 Å². The first-order valence-electron chi connectivity index (χ1n) is 9.44. The second-order valence-corrected chi connectivity index (χ2v) is 9.49. The summed E-state index contributed by atoms with van der Waals surface area (Å²) < 4.78 is 48.5. The van der Waals surface area contributed by atoms with Gasteiger partial charge in [0, 0.05) is 58.2 Å². The summed E-state index contributed by atoms with van der Waals surface area (Å²) in [5.41, 5.74) is 0.580. The summed E-state index contributed by atoms with van der Waals surface area (Å²) in [6, 6.07) is 6.60. The Balaban J connectivity index is 1.60. The molecule has 2 aliphatic rings. The van der Waals surface area contributed by atoms with Crippen LogP contribution in [0.5, 0.6) is 0 Å². The highest BCUT2D eigenvalue weighted by Crippen LogP contribution is 2.35. The van der Waals surface area contributed by atoms with Crippen molar-refractivity contribution in [3.05, 3.63) is 48.2 Å². The van der Waals surface area contributed by atoms with Gasteiger partial charge in [-0.3, -0.25) is 4.90 Å². The number of halogens is 1. The molecular weight excluding hydrogens is 383 g/mol. The number of aromatic nitrogens is 2. The van der Waals surface area contributed by atoms with Crippen LogP contribution >= 0.6 is 0 Å². The number of piperazine rings is 1. The van der Waals surface area contributed by atoms with Crippen LogP contribution in [0.3, 0.4) is 0 Å². The quantitative estimate of drug-likeness (QED) is 0.769. The molecule has 7 nitrogen and oxygen atoms in total. The molecule has 4 rings (SSSR count). The third kappa shape index (κ3) is 3.71. The van der Waals surface area contributed by atoms with E-state index in [4.69, 9.17) is 4.74 Å². The van der Waals surface area contributed by atoms with Crippen LogP contribution in [0.25, 0.3) is 0 Å². The average molecular weight is 408 g/mol. The van der Waals surface area contributed by atoms with Crippen molar-refractivity contribution in [2.24, 2.45) is 7.05 Å². The van der Waals surface area contributed by atoms with E-state index in [1.54, 1.807) is 28.1 Å². The van der Waals surface area contributed by atoms with Crippen molar-refractivity contribution in [1.29, 1.82) is 0 Å². The fourth-order valence-corrected chi connectivity index (χ4v) is 5.64. The lowest BCUT2D eigenvalue weighted by Gasteiger charge is -2.52. The standard InChI is InChI=1S/C19H25FN4O3S/c1-22-13-18(21-15-22)28(25,26)24-8-7-23(12-16-3-2-4-17(20)11-16)19(14-24)5-9-27-10-6-19/h2-4,11,13,15H,5-10,12,14H2,1H3. The molecule has 0 bridgehead atoms. The van der Waals surface area contributed by atoms with Crippen LogP contribution in [0, 0.1) is 5.82 Å². The fourth-order valence-electron chi connectivity index (χ4n) is 4.16. The maximum Gasteiger partial charge on any atom is 0.262 e. The predicted octanol–water partition coefficient (Wildman–Crippen LogP) is 1.61. The van der Waals surface area contributed by atoms with Crippen molar-refractivity contribution in [3.8, 4) is 0 Å². The molecule has 0 amide bonds. The van der Waals surface area contributed by atoms with Gasteiger partial charge in [0.1, 0.15) is 5.82 Å². The minimum Gasteiger partial charge on any atom is -0.381 e. The first-order chi connectivity index (χ1) is 13.4. The van der Waals surface area contributed by atoms with Gasteiger partial charge >= 0.3 is 0 Å². The van der Waals surface area contributed by atoms with Gasteiger partial charge in [0.05, 0.1) is 6.33 Å². The number of aryl methyl sites for hydroxylation is 1. The molecule has 0 unspecified atom stereocenters. The summed E-state index contributed by atoms with van der Waals surface area (Å²) in [5.74, 6) is -0.255. The van der Waals surface area contributed by atoms with Crippen molar-refractivity contribution < 1.29 is 17.5 Å². The third-order valence-corrected chi connectivity index (χ3v) is 7.46.